The average molecular weight is 537 g/mol. The molecule has 10 heteroatoms. The lowest BCUT2D eigenvalue weighted by molar-refractivity contribution is 0.383. The van der Waals surface area contributed by atoms with Crippen molar-refractivity contribution in [3.05, 3.63) is 102 Å². The number of aromatic nitrogens is 1. The van der Waals surface area contributed by atoms with Crippen LogP contribution in [0.1, 0.15) is 29.1 Å². The van der Waals surface area contributed by atoms with Crippen molar-refractivity contribution in [2.45, 2.75) is 29.0 Å². The van der Waals surface area contributed by atoms with Crippen molar-refractivity contribution in [1.82, 2.24) is 10.3 Å². The van der Waals surface area contributed by atoms with Crippen LogP contribution in [0.25, 0.3) is 0 Å². The maximum absolute atomic E-state index is 11.7. The quantitative estimate of drug-likeness (QED) is 0.292. The van der Waals surface area contributed by atoms with Gasteiger partial charge in [0.15, 0.2) is 10.2 Å². The van der Waals surface area contributed by atoms with Crippen molar-refractivity contribution in [2.75, 3.05) is 15.9 Å². The summed E-state index contributed by atoms with van der Waals surface area (Å²) in [5.74, 6) is 0.743. The lowest BCUT2D eigenvalue weighted by Crippen LogP contribution is -2.29. The van der Waals surface area contributed by atoms with Crippen LogP contribution in [0.2, 0.25) is 0 Å². The third-order valence-electron chi connectivity index (χ3n) is 5.74. The fourth-order valence-corrected chi connectivity index (χ4v) is 5.96. The molecule has 3 heterocycles. The molecule has 1 aliphatic heterocycles. The fraction of sp³-hybridized carbons (Fsp3) is 0.154. The highest BCUT2D eigenvalue weighted by Crippen LogP contribution is 2.44. The van der Waals surface area contributed by atoms with Crippen LogP contribution in [0, 0.1) is 6.92 Å². The van der Waals surface area contributed by atoms with E-state index in [0.717, 1.165) is 38.9 Å². The van der Waals surface area contributed by atoms with Gasteiger partial charge in [-0.15, -0.1) is 0 Å². The molecule has 2 N–H and O–H groups in total. The molecule has 0 spiro atoms. The first-order chi connectivity index (χ1) is 17.3. The number of nitrogens with one attached hydrogen (secondary N) is 2. The molecular weight excluding hydrogens is 513 g/mol. The Morgan fingerprint density at radius 2 is 1.83 bits per heavy atom. The number of sulfonamides is 1. The number of rotatable bonds is 7. The molecule has 1 fully saturated rings. The van der Waals surface area contributed by atoms with Gasteiger partial charge in [0, 0.05) is 16.8 Å². The van der Waals surface area contributed by atoms with Crippen molar-refractivity contribution in [2.24, 2.45) is 0 Å². The molecule has 0 radical (unpaired) electrons. The second-order valence-corrected chi connectivity index (χ2v) is 11.7. The second kappa shape index (κ2) is 9.96. The number of nitrogens with zero attached hydrogens (tertiary/aromatic N) is 2. The van der Waals surface area contributed by atoms with Gasteiger partial charge in [-0.3, -0.25) is 9.71 Å². The van der Waals surface area contributed by atoms with E-state index in [9.17, 15) is 8.42 Å². The zero-order valence-corrected chi connectivity index (χ0v) is 22.0. The predicted octanol–water partition coefficient (Wildman–Crippen LogP) is 5.68. The van der Waals surface area contributed by atoms with Crippen LogP contribution >= 0.6 is 24.0 Å². The minimum Gasteiger partial charge on any atom is -0.452 e. The Morgan fingerprint density at radius 1 is 1.06 bits per heavy atom. The third-order valence-corrected chi connectivity index (χ3v) is 7.57. The van der Waals surface area contributed by atoms with Gasteiger partial charge in [0.05, 0.1) is 23.7 Å². The van der Waals surface area contributed by atoms with Crippen LogP contribution in [0.15, 0.2) is 99.5 Å². The first-order valence-corrected chi connectivity index (χ1v) is 14.3. The smallest absolute Gasteiger partial charge is 0.229 e. The van der Waals surface area contributed by atoms with Crippen LogP contribution in [0.3, 0.4) is 0 Å². The summed E-state index contributed by atoms with van der Waals surface area (Å²) in [6, 6.07) is 24.7. The molecule has 2 atom stereocenters. The zero-order chi connectivity index (χ0) is 25.3. The fourth-order valence-electron chi connectivity index (χ4n) is 4.19. The molecule has 4 aromatic rings. The van der Waals surface area contributed by atoms with Crippen LogP contribution in [-0.4, -0.2) is 24.8 Å². The van der Waals surface area contributed by atoms with Gasteiger partial charge in [-0.2, -0.15) is 0 Å². The Morgan fingerprint density at radius 3 is 2.53 bits per heavy atom. The normalized spacial score (nSPS) is 17.7. The van der Waals surface area contributed by atoms with Gasteiger partial charge in [0.1, 0.15) is 11.8 Å². The second-order valence-electron chi connectivity index (χ2n) is 8.44. The van der Waals surface area contributed by atoms with Crippen molar-refractivity contribution in [1.29, 1.82) is 0 Å². The highest BCUT2D eigenvalue weighted by atomic mass is 32.2. The molecule has 0 aliphatic carbocycles. The number of thiocarbonyl (C=S) groups is 1. The number of furan rings is 1. The molecule has 1 saturated heterocycles. The molecule has 1 aliphatic rings. The third kappa shape index (κ3) is 5.25. The molecule has 36 heavy (non-hydrogen) atoms. The SMILES string of the molecule is Cc1cc(N2C(=S)N[C@H](c3ccccn3)[C@H]2c2ccc(Sc3ccccc3)o2)ccc1NS(C)(=O)=O. The van der Waals surface area contributed by atoms with E-state index in [-0.39, 0.29) is 12.1 Å². The van der Waals surface area contributed by atoms with Crippen LogP contribution < -0.4 is 14.9 Å². The largest absolute Gasteiger partial charge is 0.452 e. The van der Waals surface area contributed by atoms with Gasteiger partial charge in [-0.05, 0) is 79.3 Å². The van der Waals surface area contributed by atoms with Crippen molar-refractivity contribution in [3.8, 4) is 0 Å². The number of hydrogen-bond acceptors (Lipinski definition) is 6. The zero-order valence-electron chi connectivity index (χ0n) is 19.6. The van der Waals surface area contributed by atoms with Gasteiger partial charge >= 0.3 is 0 Å². The molecular formula is C26H24N4O3S3. The number of benzene rings is 2. The number of pyridine rings is 1. The minimum atomic E-state index is -3.39. The Hall–Kier alpha value is -3.34. The summed E-state index contributed by atoms with van der Waals surface area (Å²) in [5, 5.41) is 4.73. The molecule has 0 bridgehead atoms. The predicted molar refractivity (Wildman–Crippen MR) is 147 cm³/mol. The topological polar surface area (TPSA) is 87.5 Å². The van der Waals surface area contributed by atoms with Gasteiger partial charge in [0.2, 0.25) is 10.0 Å². The number of hydrogen-bond donors (Lipinski definition) is 2. The van der Waals surface area contributed by atoms with E-state index in [4.69, 9.17) is 16.6 Å². The van der Waals surface area contributed by atoms with E-state index in [1.165, 1.54) is 0 Å². The number of aryl methyl sites for hydroxylation is 1. The van der Waals surface area contributed by atoms with E-state index in [1.54, 1.807) is 24.0 Å². The van der Waals surface area contributed by atoms with E-state index < -0.39 is 10.0 Å². The lowest BCUT2D eigenvalue weighted by Gasteiger charge is -2.26. The highest BCUT2D eigenvalue weighted by Gasteiger charge is 2.42. The molecule has 2 aromatic heterocycles. The van der Waals surface area contributed by atoms with Gasteiger partial charge in [-0.25, -0.2) is 8.42 Å². The monoisotopic (exact) mass is 536 g/mol. The Labute approximate surface area is 220 Å². The summed E-state index contributed by atoms with van der Waals surface area (Å²) in [7, 11) is -3.39. The molecule has 5 rings (SSSR count). The molecule has 0 saturated carbocycles. The van der Waals surface area contributed by atoms with Crippen LogP contribution in [0.5, 0.6) is 0 Å². The standard InChI is InChI=1S/C26H24N4O3S3/c1-17-16-18(11-12-20(17)29-36(2,31)32)30-25(24(28-26(30)34)21-10-6-7-15-27-21)22-13-14-23(33-22)35-19-8-4-3-5-9-19/h3-16,24-25,29H,1-2H3,(H,28,34)/t24-,25-/m1/s1. The first-order valence-electron chi connectivity index (χ1n) is 11.2. The van der Waals surface area contributed by atoms with Crippen molar-refractivity contribution < 1.29 is 12.8 Å². The van der Waals surface area contributed by atoms with Crippen molar-refractivity contribution >= 4 is 50.5 Å². The lowest BCUT2D eigenvalue weighted by atomic mass is 10.0. The van der Waals surface area contributed by atoms with E-state index in [1.807, 2.05) is 84.6 Å². The summed E-state index contributed by atoms with van der Waals surface area (Å²) in [6.45, 7) is 1.86. The van der Waals surface area contributed by atoms with Crippen molar-refractivity contribution in [3.63, 3.8) is 0 Å². The summed E-state index contributed by atoms with van der Waals surface area (Å²) >= 11 is 7.33. The summed E-state index contributed by atoms with van der Waals surface area (Å²) in [6.07, 6.45) is 2.89. The maximum Gasteiger partial charge on any atom is 0.229 e. The number of anilines is 2. The van der Waals surface area contributed by atoms with Gasteiger partial charge in [0.25, 0.3) is 0 Å². The molecule has 2 aromatic carbocycles. The van der Waals surface area contributed by atoms with Gasteiger partial charge in [-0.1, -0.05) is 36.0 Å². The molecule has 0 amide bonds. The van der Waals surface area contributed by atoms with E-state index in [2.05, 4.69) is 15.0 Å². The molecule has 0 unspecified atom stereocenters. The summed E-state index contributed by atoms with van der Waals surface area (Å²) < 4.78 is 32.4. The van der Waals surface area contributed by atoms with E-state index >= 15 is 0 Å². The van der Waals surface area contributed by atoms with Crippen LogP contribution in [0.4, 0.5) is 11.4 Å². The Kier molecular flexibility index (Phi) is 6.74. The maximum atomic E-state index is 11.7. The highest BCUT2D eigenvalue weighted by molar-refractivity contribution is 7.99. The Balaban J connectivity index is 1.53. The first kappa shape index (κ1) is 24.4. The summed E-state index contributed by atoms with van der Waals surface area (Å²) in [4.78, 5) is 7.66. The van der Waals surface area contributed by atoms with E-state index in [0.29, 0.717) is 10.8 Å². The molecule has 184 valence electrons. The molecule has 7 nitrogen and oxygen atoms in total. The Bertz CT molecular complexity index is 1490. The van der Waals surface area contributed by atoms with Gasteiger partial charge < -0.3 is 14.6 Å². The summed E-state index contributed by atoms with van der Waals surface area (Å²) in [5.41, 5.74) is 2.96. The van der Waals surface area contributed by atoms with Crippen LogP contribution in [-0.2, 0) is 10.0 Å². The minimum absolute atomic E-state index is 0.242. The average Bonchev–Trinajstić information content (AvgIpc) is 3.44.